The molecule has 1 N–H and O–H groups in total. The van der Waals surface area contributed by atoms with Crippen LogP contribution in [0.1, 0.15) is 21.3 Å². The average molecular weight is 264 g/mol. The highest BCUT2D eigenvalue weighted by atomic mass is 32.1. The number of carbonyl (C=O) groups is 1. The van der Waals surface area contributed by atoms with Crippen molar-refractivity contribution in [3.63, 3.8) is 0 Å². The molecule has 0 saturated carbocycles. The predicted molar refractivity (Wildman–Crippen MR) is 71.8 cm³/mol. The van der Waals surface area contributed by atoms with E-state index in [1.54, 1.807) is 17.4 Å². The van der Waals surface area contributed by atoms with E-state index >= 15 is 0 Å². The van der Waals surface area contributed by atoms with Gasteiger partial charge in [-0.25, -0.2) is 0 Å². The number of carbonyl (C=O) groups excluding carboxylic acids is 1. The molecule has 4 nitrogen and oxygen atoms in total. The summed E-state index contributed by atoms with van der Waals surface area (Å²) in [5, 5.41) is 4.97. The summed E-state index contributed by atoms with van der Waals surface area (Å²) >= 11 is 1.70. The molecule has 0 aliphatic rings. The fourth-order valence-corrected chi connectivity index (χ4v) is 2.63. The molecule has 0 bridgehead atoms. The predicted octanol–water partition coefficient (Wildman–Crippen LogP) is 2.37. The van der Waals surface area contributed by atoms with Crippen LogP contribution in [0.25, 0.3) is 0 Å². The van der Waals surface area contributed by atoms with Gasteiger partial charge in [0.15, 0.2) is 0 Å². The quantitative estimate of drug-likeness (QED) is 0.901. The molecule has 1 amide bonds. The highest BCUT2D eigenvalue weighted by molar-refractivity contribution is 7.10. The van der Waals surface area contributed by atoms with E-state index in [4.69, 9.17) is 4.42 Å². The maximum absolute atomic E-state index is 11.8. The van der Waals surface area contributed by atoms with Crippen LogP contribution >= 0.6 is 11.3 Å². The lowest BCUT2D eigenvalue weighted by atomic mass is 10.2. The highest BCUT2D eigenvalue weighted by Crippen LogP contribution is 2.22. The zero-order chi connectivity index (χ0) is 13.0. The van der Waals surface area contributed by atoms with E-state index in [1.165, 1.54) is 17.4 Å². The van der Waals surface area contributed by atoms with Crippen molar-refractivity contribution in [2.24, 2.45) is 0 Å². The molecule has 0 saturated heterocycles. The molecule has 2 aromatic heterocycles. The van der Waals surface area contributed by atoms with Gasteiger partial charge < -0.3 is 14.6 Å². The standard InChI is InChI=1S/C13H16N2O2S/c1-15(2)11(12-4-3-7-18-12)8-14-13(16)10-5-6-17-9-10/h3-7,9,11H,8H2,1-2H3,(H,14,16). The van der Waals surface area contributed by atoms with Gasteiger partial charge in [-0.15, -0.1) is 11.3 Å². The molecule has 0 aliphatic heterocycles. The van der Waals surface area contributed by atoms with Gasteiger partial charge in [0.05, 0.1) is 17.9 Å². The van der Waals surface area contributed by atoms with Crippen LogP contribution in [-0.2, 0) is 0 Å². The number of hydrogen-bond donors (Lipinski definition) is 1. The number of furan rings is 1. The Morgan fingerprint density at radius 2 is 2.33 bits per heavy atom. The normalized spacial score (nSPS) is 12.6. The molecule has 2 rings (SSSR count). The summed E-state index contributed by atoms with van der Waals surface area (Å²) in [6.45, 7) is 0.581. The van der Waals surface area contributed by atoms with Crippen molar-refractivity contribution in [2.45, 2.75) is 6.04 Å². The monoisotopic (exact) mass is 264 g/mol. The first-order chi connectivity index (χ1) is 8.68. The lowest BCUT2D eigenvalue weighted by Gasteiger charge is -2.23. The Bertz CT molecular complexity index is 477. The third-order valence-corrected chi connectivity index (χ3v) is 3.71. The topological polar surface area (TPSA) is 45.5 Å². The fourth-order valence-electron chi connectivity index (χ4n) is 1.70. The number of thiophene rings is 1. The first-order valence-corrected chi connectivity index (χ1v) is 6.56. The number of nitrogens with one attached hydrogen (secondary N) is 1. The van der Waals surface area contributed by atoms with Crippen LogP contribution in [0.2, 0.25) is 0 Å². The van der Waals surface area contributed by atoms with Crippen molar-refractivity contribution in [3.8, 4) is 0 Å². The summed E-state index contributed by atoms with van der Waals surface area (Å²) in [5.74, 6) is -0.104. The lowest BCUT2D eigenvalue weighted by Crippen LogP contribution is -2.34. The SMILES string of the molecule is CN(C)C(CNC(=O)c1ccoc1)c1cccs1. The zero-order valence-electron chi connectivity index (χ0n) is 10.4. The van der Waals surface area contributed by atoms with Crippen LogP contribution < -0.4 is 5.32 Å². The van der Waals surface area contributed by atoms with Crippen LogP contribution in [0.3, 0.4) is 0 Å². The van der Waals surface area contributed by atoms with Crippen molar-refractivity contribution >= 4 is 17.2 Å². The van der Waals surface area contributed by atoms with E-state index in [0.717, 1.165) is 0 Å². The minimum absolute atomic E-state index is 0.104. The second-order valence-electron chi connectivity index (χ2n) is 4.22. The summed E-state index contributed by atoms with van der Waals surface area (Å²) in [7, 11) is 4.02. The minimum atomic E-state index is -0.104. The van der Waals surface area contributed by atoms with Crippen molar-refractivity contribution in [1.29, 1.82) is 0 Å². The molecule has 18 heavy (non-hydrogen) atoms. The Labute approximate surface area is 110 Å². The Morgan fingerprint density at radius 3 is 2.89 bits per heavy atom. The molecule has 0 radical (unpaired) electrons. The molecule has 0 fully saturated rings. The highest BCUT2D eigenvalue weighted by Gasteiger charge is 2.16. The van der Waals surface area contributed by atoms with Gasteiger partial charge in [0, 0.05) is 11.4 Å². The number of hydrogen-bond acceptors (Lipinski definition) is 4. The van der Waals surface area contributed by atoms with Crippen molar-refractivity contribution in [1.82, 2.24) is 10.2 Å². The number of likely N-dealkylation sites (N-methyl/N-ethyl adjacent to an activating group) is 1. The third kappa shape index (κ3) is 3.00. The van der Waals surface area contributed by atoms with E-state index in [0.29, 0.717) is 12.1 Å². The Morgan fingerprint density at radius 1 is 1.50 bits per heavy atom. The van der Waals surface area contributed by atoms with Gasteiger partial charge in [-0.05, 0) is 31.6 Å². The summed E-state index contributed by atoms with van der Waals surface area (Å²) in [5.41, 5.74) is 0.554. The van der Waals surface area contributed by atoms with Gasteiger partial charge in [-0.3, -0.25) is 4.79 Å². The Balaban J connectivity index is 1.97. The molecule has 0 spiro atoms. The molecular formula is C13H16N2O2S. The summed E-state index contributed by atoms with van der Waals surface area (Å²) in [4.78, 5) is 15.2. The number of rotatable bonds is 5. The molecule has 0 aromatic carbocycles. The van der Waals surface area contributed by atoms with Crippen LogP contribution in [0.15, 0.2) is 40.5 Å². The van der Waals surface area contributed by atoms with Crippen LogP contribution in [0, 0.1) is 0 Å². The second-order valence-corrected chi connectivity index (χ2v) is 5.20. The molecule has 2 aromatic rings. The number of nitrogens with zero attached hydrogens (tertiary/aromatic N) is 1. The van der Waals surface area contributed by atoms with E-state index in [1.807, 2.05) is 25.5 Å². The minimum Gasteiger partial charge on any atom is -0.472 e. The van der Waals surface area contributed by atoms with E-state index in [9.17, 15) is 4.79 Å². The molecule has 96 valence electrons. The van der Waals surface area contributed by atoms with Crippen molar-refractivity contribution in [3.05, 3.63) is 46.5 Å². The summed E-state index contributed by atoms with van der Waals surface area (Å²) in [6, 6.07) is 5.96. The third-order valence-electron chi connectivity index (χ3n) is 2.73. The summed E-state index contributed by atoms with van der Waals surface area (Å²) in [6.07, 6.45) is 2.95. The molecule has 1 unspecified atom stereocenters. The maximum Gasteiger partial charge on any atom is 0.254 e. The van der Waals surface area contributed by atoms with Crippen molar-refractivity contribution in [2.75, 3.05) is 20.6 Å². The Kier molecular flexibility index (Phi) is 4.17. The van der Waals surface area contributed by atoms with Crippen LogP contribution in [0.4, 0.5) is 0 Å². The van der Waals surface area contributed by atoms with E-state index in [2.05, 4.69) is 16.3 Å². The molecule has 2 heterocycles. The maximum atomic E-state index is 11.8. The van der Waals surface area contributed by atoms with Gasteiger partial charge in [0.25, 0.3) is 5.91 Å². The average Bonchev–Trinajstić information content (AvgIpc) is 3.01. The summed E-state index contributed by atoms with van der Waals surface area (Å²) < 4.78 is 4.89. The second kappa shape index (κ2) is 5.84. The van der Waals surface area contributed by atoms with Gasteiger partial charge >= 0.3 is 0 Å². The first-order valence-electron chi connectivity index (χ1n) is 5.68. The largest absolute Gasteiger partial charge is 0.472 e. The van der Waals surface area contributed by atoms with Gasteiger partial charge in [0.1, 0.15) is 6.26 Å². The molecule has 5 heteroatoms. The van der Waals surface area contributed by atoms with Gasteiger partial charge in [-0.1, -0.05) is 6.07 Å². The fraction of sp³-hybridized carbons (Fsp3) is 0.308. The lowest BCUT2D eigenvalue weighted by molar-refractivity contribution is 0.0941. The molecule has 1 atom stereocenters. The van der Waals surface area contributed by atoms with E-state index < -0.39 is 0 Å². The van der Waals surface area contributed by atoms with Gasteiger partial charge in [-0.2, -0.15) is 0 Å². The van der Waals surface area contributed by atoms with Crippen molar-refractivity contribution < 1.29 is 9.21 Å². The van der Waals surface area contributed by atoms with E-state index in [-0.39, 0.29) is 11.9 Å². The van der Waals surface area contributed by atoms with Gasteiger partial charge in [0.2, 0.25) is 0 Å². The Hall–Kier alpha value is -1.59. The zero-order valence-corrected chi connectivity index (χ0v) is 11.2. The van der Waals surface area contributed by atoms with Crippen LogP contribution in [-0.4, -0.2) is 31.4 Å². The number of amides is 1. The molecule has 0 aliphatic carbocycles. The van der Waals surface area contributed by atoms with Crippen LogP contribution in [0.5, 0.6) is 0 Å². The molecular weight excluding hydrogens is 248 g/mol. The first kappa shape index (κ1) is 12.9. The smallest absolute Gasteiger partial charge is 0.254 e.